The number of alkyl halides is 2. The van der Waals surface area contributed by atoms with Gasteiger partial charge in [-0.05, 0) is 40.2 Å². The zero-order chi connectivity index (χ0) is 8.32. The second-order valence-electron chi connectivity index (χ2n) is 2.04. The maximum absolute atomic E-state index is 5.72. The first-order valence-electron chi connectivity index (χ1n) is 3.02. The molecule has 0 aliphatic carbocycles. The van der Waals surface area contributed by atoms with Gasteiger partial charge in [0.1, 0.15) is 0 Å². The lowest BCUT2D eigenvalue weighted by Crippen LogP contribution is -2.02. The van der Waals surface area contributed by atoms with E-state index in [-0.39, 0.29) is 0 Å². The number of nitrogens with zero attached hydrogens (tertiary/aromatic N) is 1. The van der Waals surface area contributed by atoms with E-state index < -0.39 is 4.46 Å². The summed E-state index contributed by atoms with van der Waals surface area (Å²) in [5.74, 6) is 0. The van der Waals surface area contributed by atoms with Gasteiger partial charge < -0.3 is 0 Å². The Labute approximate surface area is 75.4 Å². The largest absolute Gasteiger partial charge is 0.455 e. The van der Waals surface area contributed by atoms with Gasteiger partial charge in [0.15, 0.2) is 0 Å². The first-order valence-corrected chi connectivity index (χ1v) is 3.78. The monoisotopic (exact) mass is 186 g/mol. The first kappa shape index (κ1) is 8.39. The van der Waals surface area contributed by atoms with Gasteiger partial charge in [-0.2, -0.15) is 0 Å². The summed E-state index contributed by atoms with van der Waals surface area (Å²) in [4.78, 5) is 3.32. The Kier molecular flexibility index (Phi) is 2.38. The third kappa shape index (κ3) is 1.86. The average molecular weight is 187 g/mol. The zero-order valence-corrected chi connectivity index (χ0v) is 7.18. The normalized spacial score (nSPS) is 10.6. The van der Waals surface area contributed by atoms with Crippen LogP contribution >= 0.6 is 23.2 Å². The molecule has 3 heteroatoms. The number of rotatable bonds is 1. The molecule has 0 aromatic heterocycles. The highest BCUT2D eigenvalue weighted by molar-refractivity contribution is 6.49. The number of hydrogen-bond donors (Lipinski definition) is 0. The Morgan fingerprint density at radius 2 is 1.73 bits per heavy atom. The maximum Gasteiger partial charge on any atom is 0.455 e. The summed E-state index contributed by atoms with van der Waals surface area (Å²) >= 11 is 11.4. The second kappa shape index (κ2) is 3.13. The molecule has 0 unspecified atom stereocenters. The van der Waals surface area contributed by atoms with Crippen molar-refractivity contribution in [3.8, 4) is 6.57 Å². The van der Waals surface area contributed by atoms with Crippen LogP contribution in [0.3, 0.4) is 0 Å². The van der Waals surface area contributed by atoms with Crippen molar-refractivity contribution in [1.82, 2.24) is 0 Å². The molecule has 0 fully saturated rings. The standard InChI is InChI=1S/C8H6Cl2N/c1-11-8(9,10)7-5-3-2-4-6-7/h1-6H/q+1. The molecule has 1 aromatic carbocycles. The van der Waals surface area contributed by atoms with Crippen LogP contribution in [0.5, 0.6) is 0 Å². The smallest absolute Gasteiger partial charge is 0.0622 e. The van der Waals surface area contributed by atoms with Crippen molar-refractivity contribution in [2.24, 2.45) is 0 Å². The van der Waals surface area contributed by atoms with Gasteiger partial charge in [0.2, 0.25) is 0 Å². The van der Waals surface area contributed by atoms with Gasteiger partial charge in [0.25, 0.3) is 6.57 Å². The molecular formula is C8H6Cl2N+. The summed E-state index contributed by atoms with van der Waals surface area (Å²) in [5.41, 5.74) is 0.672. The highest BCUT2D eigenvalue weighted by Gasteiger charge is 2.36. The van der Waals surface area contributed by atoms with Crippen molar-refractivity contribution < 1.29 is 0 Å². The Morgan fingerprint density at radius 1 is 1.18 bits per heavy atom. The van der Waals surface area contributed by atoms with Crippen LogP contribution in [0, 0.1) is 6.57 Å². The molecule has 1 nitrogen and oxygen atoms in total. The molecular weight excluding hydrogens is 181 g/mol. The van der Waals surface area contributed by atoms with Crippen LogP contribution < -0.4 is 0 Å². The van der Waals surface area contributed by atoms with Gasteiger partial charge in [0.05, 0.1) is 5.56 Å². The van der Waals surface area contributed by atoms with Crippen molar-refractivity contribution in [1.29, 1.82) is 0 Å². The van der Waals surface area contributed by atoms with E-state index in [1.165, 1.54) is 0 Å². The summed E-state index contributed by atoms with van der Waals surface area (Å²) in [5, 5.41) is 0. The number of benzene rings is 1. The molecule has 0 spiro atoms. The molecule has 0 aliphatic rings. The van der Waals surface area contributed by atoms with Gasteiger partial charge >= 0.3 is 4.46 Å². The topological polar surface area (TPSA) is 4.36 Å². The summed E-state index contributed by atoms with van der Waals surface area (Å²) in [6, 6.07) is 9.02. The van der Waals surface area contributed by atoms with Crippen molar-refractivity contribution in [3.63, 3.8) is 0 Å². The van der Waals surface area contributed by atoms with E-state index in [9.17, 15) is 0 Å². The Bertz CT molecular complexity index is 274. The lowest BCUT2D eigenvalue weighted by molar-refractivity contribution is 1.10. The van der Waals surface area contributed by atoms with Crippen molar-refractivity contribution in [3.05, 3.63) is 40.7 Å². The molecule has 0 radical (unpaired) electrons. The van der Waals surface area contributed by atoms with E-state index in [1.54, 1.807) is 12.1 Å². The Hall–Kier alpha value is -0.710. The quantitative estimate of drug-likeness (QED) is 0.469. The van der Waals surface area contributed by atoms with E-state index in [1.807, 2.05) is 18.2 Å². The predicted molar refractivity (Wildman–Crippen MR) is 48.1 cm³/mol. The second-order valence-corrected chi connectivity index (χ2v) is 3.32. The third-order valence-electron chi connectivity index (χ3n) is 1.28. The minimum absolute atomic E-state index is 0.672. The molecule has 11 heavy (non-hydrogen) atoms. The van der Waals surface area contributed by atoms with Crippen LogP contribution in [0.2, 0.25) is 0 Å². The maximum atomic E-state index is 5.72. The zero-order valence-electron chi connectivity index (χ0n) is 5.67. The fraction of sp³-hybridized carbons (Fsp3) is 0.125. The van der Waals surface area contributed by atoms with Gasteiger partial charge in [0, 0.05) is 0 Å². The van der Waals surface area contributed by atoms with Crippen LogP contribution in [0.15, 0.2) is 30.3 Å². The van der Waals surface area contributed by atoms with E-state index >= 15 is 0 Å². The van der Waals surface area contributed by atoms with Crippen LogP contribution in [-0.4, -0.2) is 0 Å². The fourth-order valence-corrected chi connectivity index (χ4v) is 0.965. The molecule has 0 aliphatic heterocycles. The molecule has 56 valence electrons. The molecule has 0 saturated carbocycles. The summed E-state index contributed by atoms with van der Waals surface area (Å²) in [6.07, 6.45) is 0. The predicted octanol–water partition coefficient (Wildman–Crippen LogP) is 3.24. The van der Waals surface area contributed by atoms with Crippen molar-refractivity contribution in [2.75, 3.05) is 0 Å². The van der Waals surface area contributed by atoms with Crippen LogP contribution in [0.25, 0.3) is 4.85 Å². The molecule has 0 saturated heterocycles. The summed E-state index contributed by atoms with van der Waals surface area (Å²) in [7, 11) is 0. The van der Waals surface area contributed by atoms with E-state index in [2.05, 4.69) is 4.85 Å². The van der Waals surface area contributed by atoms with Crippen molar-refractivity contribution >= 4 is 23.2 Å². The molecule has 0 amide bonds. The Morgan fingerprint density at radius 3 is 2.18 bits per heavy atom. The molecule has 0 bridgehead atoms. The average Bonchev–Trinajstić information content (AvgIpc) is 2.06. The van der Waals surface area contributed by atoms with Gasteiger partial charge in [-0.25, -0.2) is 0 Å². The SMILES string of the molecule is C#[N+]C(Cl)(Cl)c1ccccc1. The summed E-state index contributed by atoms with van der Waals surface area (Å²) in [6.45, 7) is 5.00. The first-order chi connectivity index (χ1) is 5.17. The van der Waals surface area contributed by atoms with Gasteiger partial charge in [-0.3, -0.25) is 0 Å². The van der Waals surface area contributed by atoms with Crippen LogP contribution in [0.4, 0.5) is 0 Å². The Balaban J connectivity index is 3.05. The van der Waals surface area contributed by atoms with Gasteiger partial charge in [-0.1, -0.05) is 18.2 Å². The van der Waals surface area contributed by atoms with Crippen LogP contribution in [0.1, 0.15) is 5.56 Å². The molecule has 1 rings (SSSR count). The number of halogens is 2. The highest BCUT2D eigenvalue weighted by Crippen LogP contribution is 2.34. The van der Waals surface area contributed by atoms with E-state index in [4.69, 9.17) is 29.8 Å². The van der Waals surface area contributed by atoms with Crippen LogP contribution in [-0.2, 0) is 4.46 Å². The van der Waals surface area contributed by atoms with E-state index in [0.29, 0.717) is 5.56 Å². The minimum Gasteiger partial charge on any atom is -0.0622 e. The lowest BCUT2D eigenvalue weighted by atomic mass is 10.2. The highest BCUT2D eigenvalue weighted by atomic mass is 35.5. The van der Waals surface area contributed by atoms with E-state index in [0.717, 1.165) is 0 Å². The number of hydrogen-bond acceptors (Lipinski definition) is 0. The fourth-order valence-electron chi connectivity index (χ4n) is 0.713. The molecule has 0 atom stereocenters. The minimum atomic E-state index is -1.32. The van der Waals surface area contributed by atoms with Gasteiger partial charge in [-0.15, -0.1) is 0 Å². The van der Waals surface area contributed by atoms with Crippen molar-refractivity contribution in [2.45, 2.75) is 4.46 Å². The lowest BCUT2D eigenvalue weighted by Gasteiger charge is -1.99. The molecule has 0 heterocycles. The molecule has 0 N–H and O–H groups in total. The summed E-state index contributed by atoms with van der Waals surface area (Å²) < 4.78 is -1.32. The third-order valence-corrected chi connectivity index (χ3v) is 1.91. The molecule has 1 aromatic rings.